The lowest BCUT2D eigenvalue weighted by molar-refractivity contribution is -0.132. The number of hydrogen-bond acceptors (Lipinski definition) is 4. The van der Waals surface area contributed by atoms with Gasteiger partial charge in [-0.15, -0.1) is 0 Å². The van der Waals surface area contributed by atoms with Crippen molar-refractivity contribution in [3.8, 4) is 0 Å². The molecular weight excluding hydrogens is 416 g/mol. The van der Waals surface area contributed by atoms with Crippen LogP contribution >= 0.6 is 0 Å². The van der Waals surface area contributed by atoms with Crippen LogP contribution in [0.5, 0.6) is 0 Å². The first-order valence-corrected chi connectivity index (χ1v) is 11.8. The van der Waals surface area contributed by atoms with Gasteiger partial charge < -0.3 is 15.1 Å². The lowest BCUT2D eigenvalue weighted by Gasteiger charge is -2.34. The maximum absolute atomic E-state index is 12.8. The molecule has 2 aliphatic heterocycles. The second kappa shape index (κ2) is 10.6. The molecule has 2 heterocycles. The molecule has 0 radical (unpaired) electrons. The smallest absolute Gasteiger partial charge is 0.238 e. The molecular formula is C26H32N4O3. The van der Waals surface area contributed by atoms with Gasteiger partial charge in [-0.25, -0.2) is 0 Å². The van der Waals surface area contributed by atoms with E-state index in [2.05, 4.69) is 17.1 Å². The number of rotatable bonds is 7. The fourth-order valence-electron chi connectivity index (χ4n) is 4.50. The highest BCUT2D eigenvalue weighted by Crippen LogP contribution is 2.22. The Kier molecular flexibility index (Phi) is 7.40. The van der Waals surface area contributed by atoms with Crippen LogP contribution in [0.1, 0.15) is 30.9 Å². The average molecular weight is 449 g/mol. The Morgan fingerprint density at radius 1 is 0.939 bits per heavy atom. The number of hydrogen-bond donors (Lipinski definition) is 1. The van der Waals surface area contributed by atoms with Gasteiger partial charge in [-0.05, 0) is 42.2 Å². The second-order valence-electron chi connectivity index (χ2n) is 8.71. The highest BCUT2D eigenvalue weighted by Gasteiger charge is 2.24. The van der Waals surface area contributed by atoms with Gasteiger partial charge in [0.25, 0.3) is 0 Å². The van der Waals surface area contributed by atoms with E-state index in [1.165, 1.54) is 0 Å². The number of anilines is 2. The topological polar surface area (TPSA) is 73.0 Å². The van der Waals surface area contributed by atoms with Gasteiger partial charge >= 0.3 is 0 Å². The van der Waals surface area contributed by atoms with Crippen molar-refractivity contribution in [3.05, 3.63) is 59.7 Å². The zero-order chi connectivity index (χ0) is 23.2. The van der Waals surface area contributed by atoms with Crippen molar-refractivity contribution in [1.29, 1.82) is 0 Å². The third-order valence-electron chi connectivity index (χ3n) is 6.44. The number of nitrogens with one attached hydrogen (secondary N) is 1. The van der Waals surface area contributed by atoms with E-state index in [1.54, 1.807) is 0 Å². The number of nitrogens with zero attached hydrogens (tertiary/aromatic N) is 3. The van der Waals surface area contributed by atoms with Crippen molar-refractivity contribution >= 4 is 29.1 Å². The number of aryl methyl sites for hydroxylation is 1. The first kappa shape index (κ1) is 23.0. The zero-order valence-corrected chi connectivity index (χ0v) is 19.3. The molecule has 0 bridgehead atoms. The van der Waals surface area contributed by atoms with Crippen LogP contribution in [-0.4, -0.2) is 66.8 Å². The van der Waals surface area contributed by atoms with E-state index in [4.69, 9.17) is 0 Å². The summed E-state index contributed by atoms with van der Waals surface area (Å²) in [4.78, 5) is 42.9. The van der Waals surface area contributed by atoms with E-state index >= 15 is 0 Å². The van der Waals surface area contributed by atoms with Crippen molar-refractivity contribution in [2.75, 3.05) is 49.5 Å². The van der Waals surface area contributed by atoms with Crippen LogP contribution in [0.4, 0.5) is 11.4 Å². The SMILES string of the molecule is CCc1ccccc1NC(=O)CN1CCN(C(=O)Cc2ccc(N3CCCC3=O)cc2)CC1. The minimum Gasteiger partial charge on any atom is -0.340 e. The summed E-state index contributed by atoms with van der Waals surface area (Å²) in [5.74, 6) is 0.244. The van der Waals surface area contributed by atoms with Crippen LogP contribution in [0, 0.1) is 0 Å². The number of para-hydroxylation sites is 1. The summed E-state index contributed by atoms with van der Waals surface area (Å²) in [7, 11) is 0. The van der Waals surface area contributed by atoms with E-state index in [1.807, 2.05) is 58.3 Å². The summed E-state index contributed by atoms with van der Waals surface area (Å²) in [6.07, 6.45) is 2.73. The molecule has 0 saturated carbocycles. The quantitative estimate of drug-likeness (QED) is 0.707. The maximum Gasteiger partial charge on any atom is 0.238 e. The summed E-state index contributed by atoms with van der Waals surface area (Å²) in [6.45, 7) is 5.79. The molecule has 0 unspecified atom stereocenters. The minimum atomic E-state index is -0.0211. The number of benzene rings is 2. The normalized spacial score (nSPS) is 16.8. The third-order valence-corrected chi connectivity index (χ3v) is 6.44. The number of carbonyl (C=O) groups is 3. The average Bonchev–Trinajstić information content (AvgIpc) is 3.26. The Labute approximate surface area is 195 Å². The molecule has 0 atom stereocenters. The molecule has 7 heteroatoms. The van der Waals surface area contributed by atoms with Gasteiger partial charge in [0, 0.05) is 50.5 Å². The summed E-state index contributed by atoms with van der Waals surface area (Å²) in [6, 6.07) is 15.6. The third kappa shape index (κ3) is 5.79. The number of carbonyl (C=O) groups excluding carboxylic acids is 3. The van der Waals surface area contributed by atoms with Gasteiger partial charge in [-0.2, -0.15) is 0 Å². The predicted molar refractivity (Wildman–Crippen MR) is 129 cm³/mol. The van der Waals surface area contributed by atoms with Crippen LogP contribution < -0.4 is 10.2 Å². The van der Waals surface area contributed by atoms with Gasteiger partial charge in [0.05, 0.1) is 13.0 Å². The molecule has 2 aliphatic rings. The molecule has 7 nitrogen and oxygen atoms in total. The first-order valence-electron chi connectivity index (χ1n) is 11.8. The van der Waals surface area contributed by atoms with Crippen molar-refractivity contribution in [2.24, 2.45) is 0 Å². The number of piperazine rings is 1. The molecule has 0 aliphatic carbocycles. The van der Waals surface area contributed by atoms with Crippen molar-refractivity contribution in [3.63, 3.8) is 0 Å². The highest BCUT2D eigenvalue weighted by molar-refractivity contribution is 5.95. The van der Waals surface area contributed by atoms with E-state index < -0.39 is 0 Å². The van der Waals surface area contributed by atoms with E-state index in [0.717, 1.165) is 41.9 Å². The largest absolute Gasteiger partial charge is 0.340 e. The van der Waals surface area contributed by atoms with E-state index in [0.29, 0.717) is 45.6 Å². The fourth-order valence-corrected chi connectivity index (χ4v) is 4.50. The molecule has 174 valence electrons. The summed E-state index contributed by atoms with van der Waals surface area (Å²) in [5, 5.41) is 3.02. The molecule has 0 spiro atoms. The summed E-state index contributed by atoms with van der Waals surface area (Å²) in [5.41, 5.74) is 3.86. The molecule has 2 aromatic rings. The molecule has 2 saturated heterocycles. The molecule has 2 aromatic carbocycles. The molecule has 3 amide bonds. The summed E-state index contributed by atoms with van der Waals surface area (Å²) >= 11 is 0. The standard InChI is InChI=1S/C26H32N4O3/c1-2-21-6-3-4-7-23(21)27-24(31)19-28-14-16-29(17-15-28)26(33)18-20-9-11-22(12-10-20)30-13-5-8-25(30)32/h3-4,6-7,9-12H,2,5,8,13-19H2,1H3,(H,27,31). The Bertz CT molecular complexity index is 997. The van der Waals surface area contributed by atoms with Gasteiger partial charge in [-0.3, -0.25) is 19.3 Å². The molecule has 0 aromatic heterocycles. The van der Waals surface area contributed by atoms with Gasteiger partial charge in [0.2, 0.25) is 17.7 Å². The molecule has 1 N–H and O–H groups in total. The van der Waals surface area contributed by atoms with Gasteiger partial charge in [0.1, 0.15) is 0 Å². The fraction of sp³-hybridized carbons (Fsp3) is 0.423. The predicted octanol–water partition coefficient (Wildman–Crippen LogP) is 2.70. The van der Waals surface area contributed by atoms with Gasteiger partial charge in [-0.1, -0.05) is 37.3 Å². The Morgan fingerprint density at radius 2 is 1.67 bits per heavy atom. The van der Waals surface area contributed by atoms with Crippen LogP contribution in [0.15, 0.2) is 48.5 Å². The van der Waals surface area contributed by atoms with Crippen LogP contribution in [0.25, 0.3) is 0 Å². The van der Waals surface area contributed by atoms with E-state index in [-0.39, 0.29) is 17.7 Å². The Hall–Kier alpha value is -3.19. The maximum atomic E-state index is 12.8. The highest BCUT2D eigenvalue weighted by atomic mass is 16.2. The van der Waals surface area contributed by atoms with Crippen molar-refractivity contribution in [1.82, 2.24) is 9.80 Å². The number of amides is 3. The lowest BCUT2D eigenvalue weighted by Crippen LogP contribution is -2.50. The zero-order valence-electron chi connectivity index (χ0n) is 19.3. The van der Waals surface area contributed by atoms with Gasteiger partial charge in [0.15, 0.2) is 0 Å². The molecule has 33 heavy (non-hydrogen) atoms. The monoisotopic (exact) mass is 448 g/mol. The van der Waals surface area contributed by atoms with Crippen molar-refractivity contribution in [2.45, 2.75) is 32.6 Å². The van der Waals surface area contributed by atoms with Crippen LogP contribution in [0.3, 0.4) is 0 Å². The summed E-state index contributed by atoms with van der Waals surface area (Å²) < 4.78 is 0. The lowest BCUT2D eigenvalue weighted by atomic mass is 10.1. The van der Waals surface area contributed by atoms with Crippen LogP contribution in [-0.2, 0) is 27.2 Å². The van der Waals surface area contributed by atoms with E-state index in [9.17, 15) is 14.4 Å². The first-order chi connectivity index (χ1) is 16.0. The molecule has 2 fully saturated rings. The Balaban J connectivity index is 1.22. The molecule has 4 rings (SSSR count). The second-order valence-corrected chi connectivity index (χ2v) is 8.71. The van der Waals surface area contributed by atoms with Crippen LogP contribution in [0.2, 0.25) is 0 Å². The Morgan fingerprint density at radius 3 is 2.33 bits per heavy atom. The minimum absolute atomic E-state index is 0.0211. The van der Waals surface area contributed by atoms with Crippen molar-refractivity contribution < 1.29 is 14.4 Å².